The van der Waals surface area contributed by atoms with Crippen LogP contribution in [0.2, 0.25) is 0 Å². The van der Waals surface area contributed by atoms with Gasteiger partial charge in [-0.05, 0) is 12.8 Å². The molecular weight excluding hydrogens is 176 g/mol. The summed E-state index contributed by atoms with van der Waals surface area (Å²) in [4.78, 5) is 12.8. The quantitative estimate of drug-likeness (QED) is 0.683. The first kappa shape index (κ1) is 11.0. The molecule has 4 heteroatoms. The second-order valence-electron chi connectivity index (χ2n) is 3.72. The Balaban J connectivity index is 2.55. The number of hydrogen-bond acceptors (Lipinski definition) is 4. The second-order valence-corrected chi connectivity index (χ2v) is 3.72. The topological polar surface area (TPSA) is 31.2 Å². The molecule has 0 atom stereocenters. The van der Waals surface area contributed by atoms with Crippen LogP contribution in [-0.2, 0) is 0 Å². The van der Waals surface area contributed by atoms with Gasteiger partial charge in [0.05, 0.1) is 6.34 Å². The Bertz CT molecular complexity index is 228. The van der Waals surface area contributed by atoms with Crippen LogP contribution >= 0.6 is 0 Å². The van der Waals surface area contributed by atoms with E-state index in [-0.39, 0.29) is 0 Å². The van der Waals surface area contributed by atoms with Crippen LogP contribution in [0, 0.1) is 0 Å². The minimum atomic E-state index is 0.575. The summed E-state index contributed by atoms with van der Waals surface area (Å²) in [5, 5.41) is 0. The molecule has 0 aromatic carbocycles. The number of guanidine groups is 1. The first-order chi connectivity index (χ1) is 6.69. The highest BCUT2D eigenvalue weighted by Gasteiger charge is 2.14. The molecular formula is C10H20N4. The molecule has 0 aromatic rings. The predicted octanol–water partition coefficient (Wildman–Crippen LogP) is 1.39. The Kier molecular flexibility index (Phi) is 3.92. The molecule has 0 N–H and O–H groups in total. The Labute approximate surface area is 86.3 Å². The van der Waals surface area contributed by atoms with Crippen molar-refractivity contribution in [3.05, 3.63) is 0 Å². The SMILES string of the molecule is CCC(CC)N1C=NC(N(C)C)=NC1. The van der Waals surface area contributed by atoms with E-state index < -0.39 is 0 Å². The van der Waals surface area contributed by atoms with Crippen molar-refractivity contribution >= 4 is 12.3 Å². The lowest BCUT2D eigenvalue weighted by Gasteiger charge is -2.29. The van der Waals surface area contributed by atoms with E-state index in [1.165, 1.54) is 0 Å². The van der Waals surface area contributed by atoms with Crippen molar-refractivity contribution in [2.45, 2.75) is 32.7 Å². The number of rotatable bonds is 3. The van der Waals surface area contributed by atoms with E-state index in [2.05, 4.69) is 28.7 Å². The molecule has 1 heterocycles. The molecule has 0 saturated heterocycles. The standard InChI is InChI=1S/C10H20N4/c1-5-9(6-2)14-7-11-10(12-8-14)13(3)4/h7,9H,5-6,8H2,1-4H3. The molecule has 0 amide bonds. The minimum Gasteiger partial charge on any atom is -0.347 e. The summed E-state index contributed by atoms with van der Waals surface area (Å²) in [6, 6.07) is 0.575. The van der Waals surface area contributed by atoms with Crippen molar-refractivity contribution in [1.82, 2.24) is 9.80 Å². The second kappa shape index (κ2) is 4.98. The maximum atomic E-state index is 4.40. The van der Waals surface area contributed by atoms with Gasteiger partial charge in [-0.15, -0.1) is 0 Å². The van der Waals surface area contributed by atoms with Gasteiger partial charge < -0.3 is 9.80 Å². The van der Waals surface area contributed by atoms with Gasteiger partial charge in [-0.1, -0.05) is 13.8 Å². The normalized spacial score (nSPS) is 16.1. The summed E-state index contributed by atoms with van der Waals surface area (Å²) in [5.74, 6) is 0.812. The van der Waals surface area contributed by atoms with Crippen LogP contribution in [0.3, 0.4) is 0 Å². The van der Waals surface area contributed by atoms with E-state index in [1.807, 2.05) is 25.3 Å². The molecule has 80 valence electrons. The maximum absolute atomic E-state index is 4.40. The molecule has 1 aliphatic rings. The third-order valence-corrected chi connectivity index (χ3v) is 2.51. The van der Waals surface area contributed by atoms with Gasteiger partial charge in [0.25, 0.3) is 0 Å². The highest BCUT2D eigenvalue weighted by atomic mass is 15.3. The van der Waals surface area contributed by atoms with Crippen molar-refractivity contribution in [2.75, 3.05) is 20.8 Å². The fraction of sp³-hybridized carbons (Fsp3) is 0.800. The zero-order valence-corrected chi connectivity index (χ0v) is 9.56. The molecule has 1 aliphatic heterocycles. The van der Waals surface area contributed by atoms with E-state index >= 15 is 0 Å². The molecule has 0 radical (unpaired) electrons. The van der Waals surface area contributed by atoms with Gasteiger partial charge in [0.1, 0.15) is 6.67 Å². The van der Waals surface area contributed by atoms with Crippen LogP contribution < -0.4 is 0 Å². The molecule has 0 bridgehead atoms. The van der Waals surface area contributed by atoms with Crippen molar-refractivity contribution in [3.8, 4) is 0 Å². The zero-order chi connectivity index (χ0) is 10.6. The third kappa shape index (κ3) is 2.47. The highest BCUT2D eigenvalue weighted by molar-refractivity contribution is 5.88. The molecule has 0 unspecified atom stereocenters. The first-order valence-corrected chi connectivity index (χ1v) is 5.20. The van der Waals surface area contributed by atoms with Gasteiger partial charge in [0, 0.05) is 20.1 Å². The molecule has 0 saturated carbocycles. The van der Waals surface area contributed by atoms with Gasteiger partial charge >= 0.3 is 0 Å². The Morgan fingerprint density at radius 2 is 2.07 bits per heavy atom. The molecule has 0 spiro atoms. The minimum absolute atomic E-state index is 0.575. The molecule has 0 aliphatic carbocycles. The summed E-state index contributed by atoms with van der Waals surface area (Å²) >= 11 is 0. The van der Waals surface area contributed by atoms with Gasteiger partial charge in [-0.3, -0.25) is 0 Å². The fourth-order valence-corrected chi connectivity index (χ4v) is 1.57. The van der Waals surface area contributed by atoms with Crippen molar-refractivity contribution < 1.29 is 0 Å². The predicted molar refractivity (Wildman–Crippen MR) is 60.7 cm³/mol. The van der Waals surface area contributed by atoms with E-state index in [4.69, 9.17) is 0 Å². The Morgan fingerprint density at radius 1 is 1.43 bits per heavy atom. The molecule has 0 fully saturated rings. The van der Waals surface area contributed by atoms with Crippen LogP contribution in [-0.4, -0.2) is 48.9 Å². The molecule has 1 rings (SSSR count). The van der Waals surface area contributed by atoms with Crippen LogP contribution in [0.1, 0.15) is 26.7 Å². The van der Waals surface area contributed by atoms with Crippen LogP contribution in [0.15, 0.2) is 9.98 Å². The number of hydrogen-bond donors (Lipinski definition) is 0. The Morgan fingerprint density at radius 3 is 2.43 bits per heavy atom. The van der Waals surface area contributed by atoms with Crippen molar-refractivity contribution in [1.29, 1.82) is 0 Å². The molecule has 0 aromatic heterocycles. The van der Waals surface area contributed by atoms with Crippen LogP contribution in [0.25, 0.3) is 0 Å². The molecule has 14 heavy (non-hydrogen) atoms. The van der Waals surface area contributed by atoms with Crippen molar-refractivity contribution in [3.63, 3.8) is 0 Å². The number of aliphatic imine (C=N–C) groups is 2. The first-order valence-electron chi connectivity index (χ1n) is 5.20. The van der Waals surface area contributed by atoms with Crippen LogP contribution in [0.5, 0.6) is 0 Å². The van der Waals surface area contributed by atoms with Crippen LogP contribution in [0.4, 0.5) is 0 Å². The summed E-state index contributed by atoms with van der Waals surface area (Å²) in [7, 11) is 3.92. The van der Waals surface area contributed by atoms with E-state index in [0.717, 1.165) is 25.5 Å². The average Bonchev–Trinajstić information content (AvgIpc) is 2.20. The summed E-state index contributed by atoms with van der Waals surface area (Å²) < 4.78 is 0. The van der Waals surface area contributed by atoms with Gasteiger partial charge in [-0.25, -0.2) is 9.98 Å². The Hall–Kier alpha value is -1.06. The highest BCUT2D eigenvalue weighted by Crippen LogP contribution is 2.09. The van der Waals surface area contributed by atoms with Gasteiger partial charge in [0.2, 0.25) is 5.96 Å². The van der Waals surface area contributed by atoms with Gasteiger partial charge in [-0.2, -0.15) is 0 Å². The van der Waals surface area contributed by atoms with E-state index in [9.17, 15) is 0 Å². The van der Waals surface area contributed by atoms with Gasteiger partial charge in [0.15, 0.2) is 0 Å². The largest absolute Gasteiger partial charge is 0.347 e. The number of nitrogens with zero attached hydrogens (tertiary/aromatic N) is 4. The lowest BCUT2D eigenvalue weighted by Crippen LogP contribution is -2.38. The van der Waals surface area contributed by atoms with Crippen molar-refractivity contribution in [2.24, 2.45) is 9.98 Å². The summed E-state index contributed by atoms with van der Waals surface area (Å²) in [6.45, 7) is 5.14. The molecule has 4 nitrogen and oxygen atoms in total. The lowest BCUT2D eigenvalue weighted by atomic mass is 10.1. The third-order valence-electron chi connectivity index (χ3n) is 2.51. The monoisotopic (exact) mass is 196 g/mol. The lowest BCUT2D eigenvalue weighted by molar-refractivity contribution is 0.306. The zero-order valence-electron chi connectivity index (χ0n) is 9.56. The average molecular weight is 196 g/mol. The maximum Gasteiger partial charge on any atom is 0.223 e. The smallest absolute Gasteiger partial charge is 0.223 e. The summed E-state index contributed by atoms with van der Waals surface area (Å²) in [5.41, 5.74) is 0. The fourth-order valence-electron chi connectivity index (χ4n) is 1.57. The van der Waals surface area contributed by atoms with E-state index in [0.29, 0.717) is 6.04 Å². The summed E-state index contributed by atoms with van der Waals surface area (Å²) in [6.07, 6.45) is 4.21. The van der Waals surface area contributed by atoms with E-state index in [1.54, 1.807) is 0 Å².